The van der Waals surface area contributed by atoms with Gasteiger partial charge >= 0.3 is 0 Å². The molecule has 0 aliphatic carbocycles. The summed E-state index contributed by atoms with van der Waals surface area (Å²) in [6.07, 6.45) is 1.69. The number of nitrogens with one attached hydrogen (secondary N) is 2. The first-order valence-corrected chi connectivity index (χ1v) is 10.4. The third kappa shape index (κ3) is 3.46. The molecule has 0 amide bonds. The molecular formula is C22H23F2N7O. The van der Waals surface area contributed by atoms with E-state index in [-0.39, 0.29) is 28.7 Å². The number of hydrogen-bond acceptors (Lipinski definition) is 6. The molecule has 2 aromatic carbocycles. The van der Waals surface area contributed by atoms with Crippen LogP contribution in [0.15, 0.2) is 30.5 Å². The summed E-state index contributed by atoms with van der Waals surface area (Å²) < 4.78 is 32.5. The molecule has 0 bridgehead atoms. The molecule has 8 nitrogen and oxygen atoms in total. The molecule has 1 fully saturated rings. The van der Waals surface area contributed by atoms with Crippen molar-refractivity contribution in [2.24, 2.45) is 7.05 Å². The third-order valence-corrected chi connectivity index (χ3v) is 5.69. The van der Waals surface area contributed by atoms with Crippen LogP contribution in [0.25, 0.3) is 21.8 Å². The van der Waals surface area contributed by atoms with Crippen molar-refractivity contribution < 1.29 is 13.6 Å². The van der Waals surface area contributed by atoms with Crippen LogP contribution in [-0.4, -0.2) is 51.1 Å². The Labute approximate surface area is 182 Å². The predicted molar refractivity (Wildman–Crippen MR) is 120 cm³/mol. The normalized spacial score (nSPS) is 16.8. The molecule has 3 heterocycles. The van der Waals surface area contributed by atoms with Crippen molar-refractivity contribution in [3.8, 4) is 0 Å². The average Bonchev–Trinajstić information content (AvgIpc) is 3.29. The Morgan fingerprint density at radius 3 is 2.75 bits per heavy atom. The van der Waals surface area contributed by atoms with Gasteiger partial charge in [0.05, 0.1) is 10.9 Å². The number of piperazine rings is 1. The fraction of sp³-hybridized carbons (Fsp3) is 0.318. The van der Waals surface area contributed by atoms with Gasteiger partial charge in [-0.15, -0.1) is 5.10 Å². The largest absolute Gasteiger partial charge is 0.369 e. The number of fused-ring (bicyclic) bond motifs is 2. The second kappa shape index (κ2) is 7.56. The third-order valence-electron chi connectivity index (χ3n) is 5.69. The number of carbonyl (C=O) groups is 1. The lowest BCUT2D eigenvalue weighted by atomic mass is 10.1. The highest BCUT2D eigenvalue weighted by atomic mass is 19.1. The molecule has 166 valence electrons. The number of aryl methyl sites for hydroxylation is 1. The lowest BCUT2D eigenvalue weighted by molar-refractivity contribution is 0.0927. The van der Waals surface area contributed by atoms with Gasteiger partial charge in [0, 0.05) is 62.6 Å². The molecule has 5 rings (SSSR count). The number of halogens is 2. The molecule has 1 aliphatic rings. The van der Waals surface area contributed by atoms with Crippen LogP contribution in [0.3, 0.4) is 0 Å². The maximum atomic E-state index is 15.3. The minimum absolute atomic E-state index is 0.149. The lowest BCUT2D eigenvalue weighted by Crippen LogP contribution is -2.49. The van der Waals surface area contributed by atoms with Gasteiger partial charge in [0.2, 0.25) is 5.91 Å². The van der Waals surface area contributed by atoms with E-state index >= 15 is 4.39 Å². The maximum Gasteiger partial charge on any atom is 0.244 e. The Bertz CT molecular complexity index is 1360. The quantitative estimate of drug-likeness (QED) is 0.509. The summed E-state index contributed by atoms with van der Waals surface area (Å²) in [6, 6.07) is 6.50. The highest BCUT2D eigenvalue weighted by molar-refractivity contribution is 6.00. The van der Waals surface area contributed by atoms with Crippen molar-refractivity contribution >= 4 is 44.9 Å². The summed E-state index contributed by atoms with van der Waals surface area (Å²) in [5.41, 5.74) is 1.69. The standard InChI is InChI=1S/C22H23F2N7O/c1-12-10-30(5-4-25-12)16-8-17(23)20-19(9-16)31(13(2)32)28-22(20)26-15-6-14-11-29(3)27-21(14)18(24)7-15/h6-9,11-12,25H,4-5,10H2,1-3H3,(H,26,28). The molecule has 1 aliphatic heterocycles. The molecule has 2 N–H and O–H groups in total. The summed E-state index contributed by atoms with van der Waals surface area (Å²) in [4.78, 5) is 14.3. The van der Waals surface area contributed by atoms with Crippen LogP contribution in [0, 0.1) is 11.6 Å². The second-order valence-corrected chi connectivity index (χ2v) is 8.23. The summed E-state index contributed by atoms with van der Waals surface area (Å²) in [5, 5.41) is 15.5. The van der Waals surface area contributed by atoms with Gasteiger partial charge in [-0.05, 0) is 31.2 Å². The maximum absolute atomic E-state index is 15.3. The Morgan fingerprint density at radius 1 is 1.19 bits per heavy atom. The van der Waals surface area contributed by atoms with Crippen LogP contribution >= 0.6 is 0 Å². The number of anilines is 3. The first-order chi connectivity index (χ1) is 15.3. The van der Waals surface area contributed by atoms with E-state index in [1.54, 1.807) is 25.4 Å². The fourth-order valence-electron chi connectivity index (χ4n) is 4.28. The zero-order valence-corrected chi connectivity index (χ0v) is 18.0. The van der Waals surface area contributed by atoms with E-state index in [0.717, 1.165) is 19.6 Å². The molecule has 1 saturated heterocycles. The Morgan fingerprint density at radius 2 is 2.00 bits per heavy atom. The molecule has 0 saturated carbocycles. The van der Waals surface area contributed by atoms with Crippen LogP contribution in [0.5, 0.6) is 0 Å². The molecule has 0 spiro atoms. The minimum Gasteiger partial charge on any atom is -0.369 e. The fourth-order valence-corrected chi connectivity index (χ4v) is 4.28. The molecule has 0 radical (unpaired) electrons. The first-order valence-electron chi connectivity index (χ1n) is 10.4. The van der Waals surface area contributed by atoms with Gasteiger partial charge in [-0.3, -0.25) is 9.48 Å². The van der Waals surface area contributed by atoms with Gasteiger partial charge in [-0.25, -0.2) is 8.78 Å². The number of benzene rings is 2. The van der Waals surface area contributed by atoms with E-state index in [1.165, 1.54) is 28.4 Å². The van der Waals surface area contributed by atoms with E-state index in [9.17, 15) is 9.18 Å². The number of nitrogens with zero attached hydrogens (tertiary/aromatic N) is 5. The average molecular weight is 439 g/mol. The van der Waals surface area contributed by atoms with Crippen molar-refractivity contribution in [3.63, 3.8) is 0 Å². The van der Waals surface area contributed by atoms with E-state index < -0.39 is 11.6 Å². The first kappa shape index (κ1) is 20.4. The summed E-state index contributed by atoms with van der Waals surface area (Å²) in [5.74, 6) is -1.20. The summed E-state index contributed by atoms with van der Waals surface area (Å²) in [6.45, 7) is 5.70. The Balaban J connectivity index is 1.60. The summed E-state index contributed by atoms with van der Waals surface area (Å²) in [7, 11) is 1.71. The molecular weight excluding hydrogens is 416 g/mol. The highest BCUT2D eigenvalue weighted by Gasteiger charge is 2.23. The molecule has 10 heteroatoms. The van der Waals surface area contributed by atoms with Crippen LogP contribution in [0.4, 0.5) is 26.0 Å². The van der Waals surface area contributed by atoms with Crippen LogP contribution in [-0.2, 0) is 7.05 Å². The van der Waals surface area contributed by atoms with Crippen LogP contribution in [0.2, 0.25) is 0 Å². The van der Waals surface area contributed by atoms with Gasteiger partial charge in [0.15, 0.2) is 11.6 Å². The zero-order valence-electron chi connectivity index (χ0n) is 18.0. The van der Waals surface area contributed by atoms with Gasteiger partial charge in [-0.1, -0.05) is 0 Å². The Kier molecular flexibility index (Phi) is 4.81. The minimum atomic E-state index is -0.503. The van der Waals surface area contributed by atoms with Crippen LogP contribution in [0.1, 0.15) is 18.6 Å². The van der Waals surface area contributed by atoms with E-state index in [1.807, 2.05) is 0 Å². The number of aromatic nitrogens is 4. The lowest BCUT2D eigenvalue weighted by Gasteiger charge is -2.33. The van der Waals surface area contributed by atoms with Crippen LogP contribution < -0.4 is 15.5 Å². The summed E-state index contributed by atoms with van der Waals surface area (Å²) >= 11 is 0. The van der Waals surface area contributed by atoms with Crippen molar-refractivity contribution in [2.45, 2.75) is 19.9 Å². The monoisotopic (exact) mass is 439 g/mol. The van der Waals surface area contributed by atoms with Crippen molar-refractivity contribution in [3.05, 3.63) is 42.1 Å². The van der Waals surface area contributed by atoms with Gasteiger partial charge in [0.1, 0.15) is 11.3 Å². The molecule has 1 unspecified atom stereocenters. The highest BCUT2D eigenvalue weighted by Crippen LogP contribution is 2.33. The second-order valence-electron chi connectivity index (χ2n) is 8.23. The zero-order chi connectivity index (χ0) is 22.6. The van der Waals surface area contributed by atoms with Crippen molar-refractivity contribution in [2.75, 3.05) is 29.9 Å². The number of carbonyl (C=O) groups excluding carboxylic acids is 1. The number of hydrogen-bond donors (Lipinski definition) is 2. The predicted octanol–water partition coefficient (Wildman–Crippen LogP) is 3.40. The van der Waals surface area contributed by atoms with E-state index in [0.29, 0.717) is 22.3 Å². The SMILES string of the molecule is CC(=O)n1nc(Nc2cc(F)c3nn(C)cc3c2)c2c(F)cc(N3CCNC(C)C3)cc21. The molecule has 1 atom stereocenters. The number of rotatable bonds is 3. The van der Waals surface area contributed by atoms with Gasteiger partial charge < -0.3 is 15.5 Å². The van der Waals surface area contributed by atoms with E-state index in [4.69, 9.17) is 0 Å². The van der Waals surface area contributed by atoms with Gasteiger partial charge in [-0.2, -0.15) is 9.78 Å². The van der Waals surface area contributed by atoms with Crippen molar-refractivity contribution in [1.82, 2.24) is 24.9 Å². The molecule has 2 aromatic heterocycles. The topological polar surface area (TPSA) is 80.0 Å². The van der Waals surface area contributed by atoms with Gasteiger partial charge in [0.25, 0.3) is 0 Å². The smallest absolute Gasteiger partial charge is 0.244 e. The molecule has 4 aromatic rings. The van der Waals surface area contributed by atoms with E-state index in [2.05, 4.69) is 32.7 Å². The van der Waals surface area contributed by atoms with Crippen molar-refractivity contribution in [1.29, 1.82) is 0 Å². The molecule has 32 heavy (non-hydrogen) atoms. The Hall–Kier alpha value is -3.53.